The van der Waals surface area contributed by atoms with Crippen molar-refractivity contribution in [3.05, 3.63) is 23.5 Å². The molecule has 0 amide bonds. The number of aromatic amines is 1. The van der Waals surface area contributed by atoms with Crippen LogP contribution < -0.4 is 0 Å². The molecule has 0 saturated heterocycles. The summed E-state index contributed by atoms with van der Waals surface area (Å²) in [4.78, 5) is 3.29. The third-order valence-electron chi connectivity index (χ3n) is 4.53. The van der Waals surface area contributed by atoms with E-state index in [1.807, 2.05) is 0 Å². The van der Waals surface area contributed by atoms with Gasteiger partial charge in [-0.25, -0.2) is 0 Å². The van der Waals surface area contributed by atoms with Crippen molar-refractivity contribution >= 4 is 0 Å². The summed E-state index contributed by atoms with van der Waals surface area (Å²) >= 11 is 0. The highest BCUT2D eigenvalue weighted by Gasteiger charge is 2.03. The Kier molecular flexibility index (Phi) is 11.3. The summed E-state index contributed by atoms with van der Waals surface area (Å²) < 4.78 is 0. The lowest BCUT2D eigenvalue weighted by molar-refractivity contribution is 0.556. The lowest BCUT2D eigenvalue weighted by Crippen LogP contribution is -1.91. The van der Waals surface area contributed by atoms with Gasteiger partial charge >= 0.3 is 0 Å². The quantitative estimate of drug-likeness (QED) is 0.362. The van der Waals surface area contributed by atoms with Crippen LogP contribution in [0.4, 0.5) is 0 Å². The average Bonchev–Trinajstić information content (AvgIpc) is 2.94. The molecule has 0 bridgehead atoms. The summed E-state index contributed by atoms with van der Waals surface area (Å²) in [7, 11) is 0. The second kappa shape index (κ2) is 13.0. The molecule has 21 heavy (non-hydrogen) atoms. The van der Waals surface area contributed by atoms with E-state index < -0.39 is 0 Å². The van der Waals surface area contributed by atoms with Gasteiger partial charge in [-0.05, 0) is 36.8 Å². The highest BCUT2D eigenvalue weighted by molar-refractivity contribution is 5.23. The van der Waals surface area contributed by atoms with Crippen LogP contribution in [0.3, 0.4) is 0 Å². The summed E-state index contributed by atoms with van der Waals surface area (Å²) in [6.07, 6.45) is 23.8. The van der Waals surface area contributed by atoms with E-state index in [1.165, 1.54) is 89.9 Å². The fourth-order valence-electron chi connectivity index (χ4n) is 3.06. The number of aromatic nitrogens is 1. The van der Waals surface area contributed by atoms with Crippen molar-refractivity contribution in [1.29, 1.82) is 0 Å². The molecule has 0 fully saturated rings. The zero-order chi connectivity index (χ0) is 15.2. The van der Waals surface area contributed by atoms with Crippen LogP contribution in [0.2, 0.25) is 0 Å². The zero-order valence-electron chi connectivity index (χ0n) is 14.6. The second-order valence-corrected chi connectivity index (χ2v) is 6.54. The third kappa shape index (κ3) is 9.01. The van der Waals surface area contributed by atoms with Crippen molar-refractivity contribution in [3.63, 3.8) is 0 Å². The molecule has 0 atom stereocenters. The van der Waals surface area contributed by atoms with E-state index in [-0.39, 0.29) is 0 Å². The van der Waals surface area contributed by atoms with Crippen molar-refractivity contribution in [3.8, 4) is 0 Å². The molecule has 0 aromatic carbocycles. The minimum atomic E-state index is 1.26. The summed E-state index contributed by atoms with van der Waals surface area (Å²) in [6.45, 7) is 4.56. The first-order chi connectivity index (χ1) is 10.4. The van der Waals surface area contributed by atoms with Gasteiger partial charge in [0.15, 0.2) is 0 Å². The van der Waals surface area contributed by atoms with Gasteiger partial charge in [-0.3, -0.25) is 0 Å². The molecule has 0 saturated carbocycles. The number of H-pyrrole nitrogens is 1. The Morgan fingerprint density at radius 1 is 0.571 bits per heavy atom. The molecule has 1 aromatic heterocycles. The molecule has 1 heteroatoms. The number of aryl methyl sites for hydroxylation is 2. The maximum atomic E-state index is 3.29. The van der Waals surface area contributed by atoms with Gasteiger partial charge in [0, 0.05) is 12.4 Å². The largest absolute Gasteiger partial charge is 0.367 e. The van der Waals surface area contributed by atoms with Gasteiger partial charge in [-0.1, -0.05) is 78.1 Å². The Labute approximate surface area is 132 Å². The molecule has 1 nitrogen and oxygen atoms in total. The van der Waals surface area contributed by atoms with Crippen molar-refractivity contribution in [2.45, 2.75) is 104 Å². The van der Waals surface area contributed by atoms with Crippen molar-refractivity contribution in [2.24, 2.45) is 0 Å². The molecule has 0 aliphatic heterocycles. The molecule has 1 N–H and O–H groups in total. The Bertz CT molecular complexity index is 326. The Morgan fingerprint density at radius 2 is 1.00 bits per heavy atom. The SMILES string of the molecule is CCCCCCCCCCCCc1c[nH]cc1CCCC. The van der Waals surface area contributed by atoms with Crippen LogP contribution in [-0.2, 0) is 12.8 Å². The van der Waals surface area contributed by atoms with Crippen LogP contribution in [0.15, 0.2) is 12.4 Å². The first-order valence-corrected chi connectivity index (χ1v) is 9.53. The number of rotatable bonds is 14. The van der Waals surface area contributed by atoms with Crippen molar-refractivity contribution < 1.29 is 0 Å². The van der Waals surface area contributed by atoms with Gasteiger partial charge in [-0.15, -0.1) is 0 Å². The number of hydrogen-bond donors (Lipinski definition) is 1. The topological polar surface area (TPSA) is 15.8 Å². The maximum absolute atomic E-state index is 3.29. The molecule has 122 valence electrons. The summed E-state index contributed by atoms with van der Waals surface area (Å²) in [5.74, 6) is 0. The molecule has 1 heterocycles. The van der Waals surface area contributed by atoms with E-state index in [4.69, 9.17) is 0 Å². The molecule has 0 aliphatic carbocycles. The molecular weight excluding hydrogens is 254 g/mol. The smallest absolute Gasteiger partial charge is 0.00401 e. The van der Waals surface area contributed by atoms with Crippen LogP contribution in [0.1, 0.15) is 102 Å². The van der Waals surface area contributed by atoms with Crippen molar-refractivity contribution in [2.75, 3.05) is 0 Å². The van der Waals surface area contributed by atoms with Gasteiger partial charge in [0.25, 0.3) is 0 Å². The van der Waals surface area contributed by atoms with Crippen LogP contribution in [0.25, 0.3) is 0 Å². The Hall–Kier alpha value is -0.720. The predicted molar refractivity (Wildman–Crippen MR) is 95.0 cm³/mol. The first-order valence-electron chi connectivity index (χ1n) is 9.53. The van der Waals surface area contributed by atoms with Gasteiger partial charge < -0.3 is 4.98 Å². The lowest BCUT2D eigenvalue weighted by atomic mass is 10.0. The zero-order valence-corrected chi connectivity index (χ0v) is 14.6. The first kappa shape index (κ1) is 18.3. The highest BCUT2D eigenvalue weighted by Crippen LogP contribution is 2.16. The van der Waals surface area contributed by atoms with Gasteiger partial charge in [0.2, 0.25) is 0 Å². The summed E-state index contributed by atoms with van der Waals surface area (Å²) in [5.41, 5.74) is 3.13. The van der Waals surface area contributed by atoms with Gasteiger partial charge in [0.05, 0.1) is 0 Å². The average molecular weight is 292 g/mol. The predicted octanol–water partition coefficient (Wildman–Crippen LogP) is 6.82. The molecule has 0 aliphatic rings. The van der Waals surface area contributed by atoms with E-state index in [2.05, 4.69) is 31.2 Å². The van der Waals surface area contributed by atoms with Crippen LogP contribution >= 0.6 is 0 Å². The minimum absolute atomic E-state index is 1.26. The standard InChI is InChI=1S/C20H37N/c1-3-5-7-8-9-10-11-12-13-14-16-20-18-21-17-19(20)15-6-4-2/h17-18,21H,3-16H2,1-2H3. The van der Waals surface area contributed by atoms with E-state index in [1.54, 1.807) is 11.1 Å². The highest BCUT2D eigenvalue weighted by atomic mass is 14.6. The lowest BCUT2D eigenvalue weighted by Gasteiger charge is -2.04. The molecule has 0 radical (unpaired) electrons. The van der Waals surface area contributed by atoms with Crippen LogP contribution in [0.5, 0.6) is 0 Å². The molecule has 1 rings (SSSR count). The number of nitrogens with one attached hydrogen (secondary N) is 1. The molecule has 0 spiro atoms. The van der Waals surface area contributed by atoms with E-state index in [0.717, 1.165) is 0 Å². The maximum Gasteiger partial charge on any atom is 0.00401 e. The van der Waals surface area contributed by atoms with Crippen molar-refractivity contribution in [1.82, 2.24) is 4.98 Å². The van der Waals surface area contributed by atoms with Crippen LogP contribution in [-0.4, -0.2) is 4.98 Å². The summed E-state index contributed by atoms with van der Waals surface area (Å²) in [6, 6.07) is 0. The Morgan fingerprint density at radius 3 is 1.52 bits per heavy atom. The fourth-order valence-corrected chi connectivity index (χ4v) is 3.06. The van der Waals surface area contributed by atoms with E-state index in [0.29, 0.717) is 0 Å². The second-order valence-electron chi connectivity index (χ2n) is 6.54. The minimum Gasteiger partial charge on any atom is -0.367 e. The number of hydrogen-bond acceptors (Lipinski definition) is 0. The number of unbranched alkanes of at least 4 members (excludes halogenated alkanes) is 10. The normalized spacial score (nSPS) is 11.1. The Balaban J connectivity index is 1.95. The summed E-state index contributed by atoms with van der Waals surface area (Å²) in [5, 5.41) is 0. The molecule has 0 unspecified atom stereocenters. The third-order valence-corrected chi connectivity index (χ3v) is 4.53. The van der Waals surface area contributed by atoms with Gasteiger partial charge in [0.1, 0.15) is 0 Å². The monoisotopic (exact) mass is 291 g/mol. The van der Waals surface area contributed by atoms with Crippen LogP contribution in [0, 0.1) is 0 Å². The molecule has 1 aromatic rings. The molecular formula is C20H37N. The van der Waals surface area contributed by atoms with E-state index >= 15 is 0 Å². The van der Waals surface area contributed by atoms with Gasteiger partial charge in [-0.2, -0.15) is 0 Å². The van der Waals surface area contributed by atoms with E-state index in [9.17, 15) is 0 Å². The fraction of sp³-hybridized carbons (Fsp3) is 0.800.